The number of rotatable bonds is 2. The molecule has 0 atom stereocenters. The molecule has 0 N–H and O–H groups in total. The zero-order chi connectivity index (χ0) is 10.6. The van der Waals surface area contributed by atoms with Crippen LogP contribution in [0.25, 0.3) is 0 Å². The van der Waals surface area contributed by atoms with E-state index in [4.69, 9.17) is 0 Å². The molecule has 0 unspecified atom stereocenters. The lowest BCUT2D eigenvalue weighted by molar-refractivity contribution is 0.146. The van der Waals surface area contributed by atoms with Crippen LogP contribution in [0.2, 0.25) is 0 Å². The van der Waals surface area contributed by atoms with Crippen molar-refractivity contribution in [3.8, 4) is 0 Å². The molecule has 0 radical (unpaired) electrons. The van der Waals surface area contributed by atoms with E-state index in [1.807, 2.05) is 11.9 Å². The lowest BCUT2D eigenvalue weighted by atomic mass is 10.00. The Labute approximate surface area is 86.4 Å². The molecule has 0 aromatic rings. The molecule has 0 aromatic carbocycles. The molecule has 1 heterocycles. The predicted molar refractivity (Wildman–Crippen MR) is 58.2 cm³/mol. The van der Waals surface area contributed by atoms with Crippen LogP contribution in [0.5, 0.6) is 0 Å². The van der Waals surface area contributed by atoms with Gasteiger partial charge in [0.1, 0.15) is 0 Å². The Bertz CT molecular complexity index is 207. The summed E-state index contributed by atoms with van der Waals surface area (Å²) in [6.45, 7) is 8.31. The average molecular weight is 196 g/mol. The standard InChI is InChI=1S/C11H20N2O/c1-4-7-12(3)11(14)13-8-5-10(2)6-9-13/h4,10H,1,5-9H2,2-3H3. The summed E-state index contributed by atoms with van der Waals surface area (Å²) in [5, 5.41) is 0. The van der Waals surface area contributed by atoms with Crippen molar-refractivity contribution in [3.05, 3.63) is 12.7 Å². The van der Waals surface area contributed by atoms with Crippen LogP contribution in [0.3, 0.4) is 0 Å². The Morgan fingerprint density at radius 2 is 2.14 bits per heavy atom. The number of nitrogens with zero attached hydrogens (tertiary/aromatic N) is 2. The largest absolute Gasteiger partial charge is 0.325 e. The van der Waals surface area contributed by atoms with Crippen LogP contribution >= 0.6 is 0 Å². The first-order valence-corrected chi connectivity index (χ1v) is 5.26. The molecule has 1 aliphatic heterocycles. The van der Waals surface area contributed by atoms with Gasteiger partial charge in [0.15, 0.2) is 0 Å². The minimum Gasteiger partial charge on any atom is -0.325 e. The molecule has 1 aliphatic rings. The van der Waals surface area contributed by atoms with E-state index in [-0.39, 0.29) is 6.03 Å². The molecule has 3 nitrogen and oxygen atoms in total. The minimum absolute atomic E-state index is 0.136. The van der Waals surface area contributed by atoms with Gasteiger partial charge in [0.2, 0.25) is 0 Å². The van der Waals surface area contributed by atoms with Gasteiger partial charge in [-0.25, -0.2) is 4.79 Å². The maximum atomic E-state index is 11.8. The topological polar surface area (TPSA) is 23.6 Å². The fourth-order valence-corrected chi connectivity index (χ4v) is 1.71. The third-order valence-electron chi connectivity index (χ3n) is 2.78. The van der Waals surface area contributed by atoms with E-state index in [1.54, 1.807) is 11.0 Å². The number of piperidine rings is 1. The van der Waals surface area contributed by atoms with Gasteiger partial charge in [-0.2, -0.15) is 0 Å². The van der Waals surface area contributed by atoms with Crippen molar-refractivity contribution < 1.29 is 4.79 Å². The number of amides is 2. The van der Waals surface area contributed by atoms with Crippen LogP contribution < -0.4 is 0 Å². The van der Waals surface area contributed by atoms with Gasteiger partial charge in [-0.05, 0) is 18.8 Å². The molecular weight excluding hydrogens is 176 g/mol. The fourth-order valence-electron chi connectivity index (χ4n) is 1.71. The molecule has 80 valence electrons. The van der Waals surface area contributed by atoms with E-state index in [2.05, 4.69) is 13.5 Å². The summed E-state index contributed by atoms with van der Waals surface area (Å²) in [7, 11) is 1.82. The van der Waals surface area contributed by atoms with E-state index in [0.717, 1.165) is 31.8 Å². The van der Waals surface area contributed by atoms with E-state index in [0.29, 0.717) is 6.54 Å². The van der Waals surface area contributed by atoms with Gasteiger partial charge in [0.05, 0.1) is 0 Å². The van der Waals surface area contributed by atoms with E-state index in [1.165, 1.54) is 0 Å². The van der Waals surface area contributed by atoms with E-state index < -0.39 is 0 Å². The summed E-state index contributed by atoms with van der Waals surface area (Å²) in [5.41, 5.74) is 0. The predicted octanol–water partition coefficient (Wildman–Crippen LogP) is 1.96. The van der Waals surface area contributed by atoms with Crippen LogP contribution in [0.1, 0.15) is 19.8 Å². The Balaban J connectivity index is 2.40. The van der Waals surface area contributed by atoms with Crippen molar-refractivity contribution in [1.29, 1.82) is 0 Å². The highest BCUT2D eigenvalue weighted by Gasteiger charge is 2.21. The summed E-state index contributed by atoms with van der Waals surface area (Å²) in [6.07, 6.45) is 4.02. The Kier molecular flexibility index (Phi) is 3.98. The van der Waals surface area contributed by atoms with Crippen LogP contribution in [0.4, 0.5) is 4.79 Å². The molecule has 0 bridgehead atoms. The van der Waals surface area contributed by atoms with Crippen LogP contribution in [0, 0.1) is 5.92 Å². The molecule has 14 heavy (non-hydrogen) atoms. The lowest BCUT2D eigenvalue weighted by Crippen LogP contribution is -2.44. The molecule has 1 rings (SSSR count). The summed E-state index contributed by atoms with van der Waals surface area (Å²) in [5.74, 6) is 0.767. The number of likely N-dealkylation sites (tertiary alicyclic amines) is 1. The molecule has 2 amide bonds. The molecule has 0 aliphatic carbocycles. The van der Waals surface area contributed by atoms with Crippen molar-refractivity contribution in [2.24, 2.45) is 5.92 Å². The van der Waals surface area contributed by atoms with Crippen LogP contribution in [-0.2, 0) is 0 Å². The van der Waals surface area contributed by atoms with Gasteiger partial charge in [0, 0.05) is 26.7 Å². The zero-order valence-corrected chi connectivity index (χ0v) is 9.20. The van der Waals surface area contributed by atoms with Crippen molar-refractivity contribution in [2.45, 2.75) is 19.8 Å². The molecule has 0 aromatic heterocycles. The molecule has 0 spiro atoms. The number of carbonyl (C=O) groups excluding carboxylic acids is 1. The zero-order valence-electron chi connectivity index (χ0n) is 9.20. The van der Waals surface area contributed by atoms with Crippen LogP contribution in [-0.4, -0.2) is 42.5 Å². The van der Waals surface area contributed by atoms with Crippen molar-refractivity contribution in [2.75, 3.05) is 26.7 Å². The lowest BCUT2D eigenvalue weighted by Gasteiger charge is -2.33. The summed E-state index contributed by atoms with van der Waals surface area (Å²) < 4.78 is 0. The van der Waals surface area contributed by atoms with Gasteiger partial charge >= 0.3 is 6.03 Å². The number of hydrogen-bond acceptors (Lipinski definition) is 1. The fraction of sp³-hybridized carbons (Fsp3) is 0.727. The molecule has 1 saturated heterocycles. The second-order valence-electron chi connectivity index (χ2n) is 4.12. The second-order valence-corrected chi connectivity index (χ2v) is 4.12. The number of hydrogen-bond donors (Lipinski definition) is 0. The van der Waals surface area contributed by atoms with E-state index in [9.17, 15) is 4.79 Å². The van der Waals surface area contributed by atoms with Crippen LogP contribution in [0.15, 0.2) is 12.7 Å². The third-order valence-corrected chi connectivity index (χ3v) is 2.78. The number of urea groups is 1. The van der Waals surface area contributed by atoms with Gasteiger partial charge in [0.25, 0.3) is 0 Å². The Morgan fingerprint density at radius 3 is 2.64 bits per heavy atom. The van der Waals surface area contributed by atoms with Crippen molar-refractivity contribution in [3.63, 3.8) is 0 Å². The SMILES string of the molecule is C=CCN(C)C(=O)N1CCC(C)CC1. The monoisotopic (exact) mass is 196 g/mol. The molecular formula is C11H20N2O. The first-order chi connectivity index (χ1) is 6.65. The van der Waals surface area contributed by atoms with E-state index >= 15 is 0 Å². The van der Waals surface area contributed by atoms with Gasteiger partial charge in [-0.3, -0.25) is 0 Å². The number of carbonyl (C=O) groups is 1. The summed E-state index contributed by atoms with van der Waals surface area (Å²) in [6, 6.07) is 0.136. The third kappa shape index (κ3) is 2.76. The molecule has 0 saturated carbocycles. The highest BCUT2D eigenvalue weighted by molar-refractivity contribution is 5.74. The summed E-state index contributed by atoms with van der Waals surface area (Å²) in [4.78, 5) is 15.4. The number of likely N-dealkylation sites (N-methyl/N-ethyl adjacent to an activating group) is 1. The maximum absolute atomic E-state index is 11.8. The first kappa shape index (κ1) is 11.1. The second kappa shape index (κ2) is 5.03. The maximum Gasteiger partial charge on any atom is 0.320 e. The minimum atomic E-state index is 0.136. The smallest absolute Gasteiger partial charge is 0.320 e. The molecule has 3 heteroatoms. The first-order valence-electron chi connectivity index (χ1n) is 5.26. The molecule has 1 fully saturated rings. The normalized spacial score (nSPS) is 18.0. The highest BCUT2D eigenvalue weighted by atomic mass is 16.2. The quantitative estimate of drug-likeness (QED) is 0.619. The van der Waals surface area contributed by atoms with Gasteiger partial charge in [-0.1, -0.05) is 13.0 Å². The van der Waals surface area contributed by atoms with Gasteiger partial charge < -0.3 is 9.80 Å². The Morgan fingerprint density at radius 1 is 1.57 bits per heavy atom. The Hall–Kier alpha value is -0.990. The average Bonchev–Trinajstić information content (AvgIpc) is 2.18. The highest BCUT2D eigenvalue weighted by Crippen LogP contribution is 2.16. The van der Waals surface area contributed by atoms with Crippen molar-refractivity contribution >= 4 is 6.03 Å². The van der Waals surface area contributed by atoms with Crippen molar-refractivity contribution in [1.82, 2.24) is 9.80 Å². The summed E-state index contributed by atoms with van der Waals surface area (Å²) >= 11 is 0. The van der Waals surface area contributed by atoms with Gasteiger partial charge in [-0.15, -0.1) is 6.58 Å².